The van der Waals surface area contributed by atoms with Crippen LogP contribution in [0.25, 0.3) is 0 Å². The zero-order valence-electron chi connectivity index (χ0n) is 10.2. The maximum atomic E-state index is 12.0. The maximum absolute atomic E-state index is 12.0. The zero-order chi connectivity index (χ0) is 11.4. The molecule has 1 saturated carbocycles. The molecule has 0 aromatic rings. The van der Waals surface area contributed by atoms with Crippen molar-refractivity contribution in [2.24, 2.45) is 5.73 Å². The van der Waals surface area contributed by atoms with E-state index in [9.17, 15) is 4.79 Å². The summed E-state index contributed by atoms with van der Waals surface area (Å²) >= 11 is 1.97. The largest absolute Gasteiger partial charge is 0.353 e. The molecule has 0 spiro atoms. The van der Waals surface area contributed by atoms with E-state index in [1.54, 1.807) is 0 Å². The van der Waals surface area contributed by atoms with Crippen molar-refractivity contribution in [3.05, 3.63) is 0 Å². The van der Waals surface area contributed by atoms with Gasteiger partial charge < -0.3 is 11.1 Å². The topological polar surface area (TPSA) is 55.1 Å². The van der Waals surface area contributed by atoms with E-state index in [-0.39, 0.29) is 18.3 Å². The smallest absolute Gasteiger partial charge is 0.240 e. The zero-order valence-corrected chi connectivity index (χ0v) is 11.9. The van der Waals surface area contributed by atoms with Crippen molar-refractivity contribution in [3.63, 3.8) is 0 Å². The van der Waals surface area contributed by atoms with Gasteiger partial charge in [-0.3, -0.25) is 4.79 Å². The summed E-state index contributed by atoms with van der Waals surface area (Å²) in [6.07, 6.45) is 7.67. The lowest BCUT2D eigenvalue weighted by Crippen LogP contribution is -2.55. The fourth-order valence-corrected chi connectivity index (χ4v) is 3.80. The van der Waals surface area contributed by atoms with E-state index in [4.69, 9.17) is 5.73 Å². The molecule has 1 saturated heterocycles. The molecule has 17 heavy (non-hydrogen) atoms. The molecular weight excluding hydrogens is 256 g/mol. The molecule has 0 bridgehead atoms. The van der Waals surface area contributed by atoms with Crippen LogP contribution in [0.4, 0.5) is 0 Å². The lowest BCUT2D eigenvalue weighted by Gasteiger charge is -2.32. The van der Waals surface area contributed by atoms with Crippen LogP contribution in [0.15, 0.2) is 0 Å². The average Bonchev–Trinajstić information content (AvgIpc) is 2.79. The second kappa shape index (κ2) is 6.86. The highest BCUT2D eigenvalue weighted by atomic mass is 35.5. The molecule has 1 atom stereocenters. The van der Waals surface area contributed by atoms with Gasteiger partial charge in [0.05, 0.1) is 5.54 Å². The lowest BCUT2D eigenvalue weighted by atomic mass is 9.82. The third kappa shape index (κ3) is 4.04. The second-order valence-electron chi connectivity index (χ2n) is 5.06. The van der Waals surface area contributed by atoms with Crippen molar-refractivity contribution in [2.75, 3.05) is 12.3 Å². The molecule has 5 heteroatoms. The SMILES string of the molecule is Cl.NC1(C(=O)NCC2CCCS2)CCCCC1. The minimum absolute atomic E-state index is 0. The number of halogens is 1. The average molecular weight is 279 g/mol. The second-order valence-corrected chi connectivity index (χ2v) is 6.47. The maximum Gasteiger partial charge on any atom is 0.240 e. The number of hydrogen-bond acceptors (Lipinski definition) is 3. The normalized spacial score (nSPS) is 27.2. The van der Waals surface area contributed by atoms with Crippen LogP contribution in [0, 0.1) is 0 Å². The Hall–Kier alpha value is 0.0700. The van der Waals surface area contributed by atoms with E-state index < -0.39 is 5.54 Å². The van der Waals surface area contributed by atoms with Crippen molar-refractivity contribution < 1.29 is 4.79 Å². The van der Waals surface area contributed by atoms with Gasteiger partial charge in [0.25, 0.3) is 0 Å². The lowest BCUT2D eigenvalue weighted by molar-refractivity contribution is -0.127. The molecule has 3 N–H and O–H groups in total. The van der Waals surface area contributed by atoms with Crippen LogP contribution >= 0.6 is 24.2 Å². The van der Waals surface area contributed by atoms with Gasteiger partial charge in [-0.15, -0.1) is 12.4 Å². The summed E-state index contributed by atoms with van der Waals surface area (Å²) in [5, 5.41) is 3.67. The van der Waals surface area contributed by atoms with Gasteiger partial charge in [0, 0.05) is 11.8 Å². The highest BCUT2D eigenvalue weighted by Crippen LogP contribution is 2.27. The molecule has 0 aromatic carbocycles. The Labute approximate surface area is 114 Å². The number of hydrogen-bond donors (Lipinski definition) is 2. The van der Waals surface area contributed by atoms with Gasteiger partial charge >= 0.3 is 0 Å². The number of rotatable bonds is 3. The van der Waals surface area contributed by atoms with Crippen LogP contribution in [-0.2, 0) is 4.79 Å². The van der Waals surface area contributed by atoms with Crippen LogP contribution in [-0.4, -0.2) is 29.0 Å². The fraction of sp³-hybridized carbons (Fsp3) is 0.917. The first-order chi connectivity index (χ1) is 7.71. The summed E-state index contributed by atoms with van der Waals surface area (Å²) in [5.74, 6) is 1.33. The van der Waals surface area contributed by atoms with Crippen molar-refractivity contribution in [1.82, 2.24) is 5.32 Å². The molecule has 0 radical (unpaired) electrons. The van der Waals surface area contributed by atoms with Crippen molar-refractivity contribution in [3.8, 4) is 0 Å². The number of nitrogens with one attached hydrogen (secondary N) is 1. The molecule has 1 aliphatic carbocycles. The van der Waals surface area contributed by atoms with Gasteiger partial charge in [0.2, 0.25) is 5.91 Å². The number of amides is 1. The summed E-state index contributed by atoms with van der Waals surface area (Å²) in [7, 11) is 0. The molecule has 100 valence electrons. The van der Waals surface area contributed by atoms with Crippen LogP contribution in [0.2, 0.25) is 0 Å². The molecule has 1 heterocycles. The van der Waals surface area contributed by atoms with Crippen molar-refractivity contribution in [2.45, 2.75) is 55.7 Å². The Kier molecular flexibility index (Phi) is 6.10. The minimum atomic E-state index is -0.568. The van der Waals surface area contributed by atoms with Gasteiger partial charge in [-0.05, 0) is 31.4 Å². The molecular formula is C12H23ClN2OS. The van der Waals surface area contributed by atoms with E-state index in [0.29, 0.717) is 5.25 Å². The van der Waals surface area contributed by atoms with Crippen molar-refractivity contribution >= 4 is 30.1 Å². The quantitative estimate of drug-likeness (QED) is 0.831. The van der Waals surface area contributed by atoms with Gasteiger partial charge in [0.15, 0.2) is 0 Å². The molecule has 2 aliphatic rings. The van der Waals surface area contributed by atoms with Gasteiger partial charge in [0.1, 0.15) is 0 Å². The first kappa shape index (κ1) is 15.1. The van der Waals surface area contributed by atoms with Crippen LogP contribution < -0.4 is 11.1 Å². The van der Waals surface area contributed by atoms with E-state index in [1.165, 1.54) is 25.0 Å². The molecule has 3 nitrogen and oxygen atoms in total. The third-order valence-corrected chi connectivity index (χ3v) is 5.11. The molecule has 1 amide bonds. The molecule has 1 aliphatic heterocycles. The highest BCUT2D eigenvalue weighted by molar-refractivity contribution is 8.00. The van der Waals surface area contributed by atoms with Crippen LogP contribution in [0.3, 0.4) is 0 Å². The molecule has 1 unspecified atom stereocenters. The Morgan fingerprint density at radius 2 is 2.00 bits per heavy atom. The monoisotopic (exact) mass is 278 g/mol. The van der Waals surface area contributed by atoms with E-state index in [1.807, 2.05) is 11.8 Å². The Bertz CT molecular complexity index is 251. The third-order valence-electron chi connectivity index (χ3n) is 3.71. The summed E-state index contributed by atoms with van der Waals surface area (Å²) < 4.78 is 0. The number of carbonyl (C=O) groups excluding carboxylic acids is 1. The minimum Gasteiger partial charge on any atom is -0.353 e. The van der Waals surface area contributed by atoms with E-state index in [0.717, 1.165) is 32.2 Å². The Balaban J connectivity index is 0.00000144. The number of thioether (sulfide) groups is 1. The van der Waals surface area contributed by atoms with E-state index in [2.05, 4.69) is 5.32 Å². The summed E-state index contributed by atoms with van der Waals surface area (Å²) in [6.45, 7) is 0.808. The number of nitrogens with two attached hydrogens (primary N) is 1. The molecule has 2 rings (SSSR count). The van der Waals surface area contributed by atoms with Crippen LogP contribution in [0.1, 0.15) is 44.9 Å². The fourth-order valence-electron chi connectivity index (χ4n) is 2.60. The van der Waals surface area contributed by atoms with Gasteiger partial charge in [-0.1, -0.05) is 19.3 Å². The van der Waals surface area contributed by atoms with Crippen molar-refractivity contribution in [1.29, 1.82) is 0 Å². The first-order valence-electron chi connectivity index (χ1n) is 6.39. The van der Waals surface area contributed by atoms with E-state index >= 15 is 0 Å². The van der Waals surface area contributed by atoms with Crippen LogP contribution in [0.5, 0.6) is 0 Å². The van der Waals surface area contributed by atoms with Gasteiger partial charge in [-0.2, -0.15) is 11.8 Å². The molecule has 0 aromatic heterocycles. The standard InChI is InChI=1S/C12H22N2OS.ClH/c13-12(6-2-1-3-7-12)11(15)14-9-10-5-4-8-16-10;/h10H,1-9,13H2,(H,14,15);1H. The summed E-state index contributed by atoms with van der Waals surface area (Å²) in [6, 6.07) is 0. The van der Waals surface area contributed by atoms with Gasteiger partial charge in [-0.25, -0.2) is 0 Å². The predicted octanol–water partition coefficient (Wildman–Crippen LogP) is 2.08. The summed E-state index contributed by atoms with van der Waals surface area (Å²) in [5.41, 5.74) is 5.60. The predicted molar refractivity (Wildman–Crippen MR) is 75.7 cm³/mol. The molecule has 2 fully saturated rings. The summed E-state index contributed by atoms with van der Waals surface area (Å²) in [4.78, 5) is 12.0. The number of carbonyl (C=O) groups is 1. The Morgan fingerprint density at radius 3 is 2.59 bits per heavy atom. The first-order valence-corrected chi connectivity index (χ1v) is 7.44. The Morgan fingerprint density at radius 1 is 1.29 bits per heavy atom. The highest BCUT2D eigenvalue weighted by Gasteiger charge is 2.35.